The van der Waals surface area contributed by atoms with E-state index in [4.69, 9.17) is 4.74 Å². The van der Waals surface area contributed by atoms with Gasteiger partial charge < -0.3 is 19.9 Å². The predicted molar refractivity (Wildman–Crippen MR) is 126 cm³/mol. The number of H-pyrrole nitrogens is 1. The lowest BCUT2D eigenvalue weighted by Gasteiger charge is -2.19. The van der Waals surface area contributed by atoms with E-state index in [2.05, 4.69) is 51.5 Å². The molecule has 0 fully saturated rings. The van der Waals surface area contributed by atoms with E-state index in [0.717, 1.165) is 55.8 Å². The highest BCUT2D eigenvalue weighted by atomic mass is 16.5. The molecule has 0 unspecified atom stereocenters. The lowest BCUT2D eigenvalue weighted by molar-refractivity contribution is 0.0954. The summed E-state index contributed by atoms with van der Waals surface area (Å²) < 4.78 is 6.14. The van der Waals surface area contributed by atoms with Crippen LogP contribution in [0.15, 0.2) is 55.0 Å². The van der Waals surface area contributed by atoms with E-state index >= 15 is 0 Å². The summed E-state index contributed by atoms with van der Waals surface area (Å²) in [7, 11) is 2.18. The maximum atomic E-state index is 12.7. The molecule has 1 amide bonds. The Labute approximate surface area is 190 Å². The van der Waals surface area contributed by atoms with Crippen LogP contribution in [-0.2, 0) is 19.4 Å². The number of rotatable bonds is 4. The molecule has 4 rings (SSSR count). The number of hydrogen-bond acceptors (Lipinski definition) is 4. The third-order valence-corrected chi connectivity index (χ3v) is 5.84. The summed E-state index contributed by atoms with van der Waals surface area (Å²) in [6.07, 6.45) is 8.25. The summed E-state index contributed by atoms with van der Waals surface area (Å²) in [5.74, 6) is 0.806. The fourth-order valence-corrected chi connectivity index (χ4v) is 4.13. The van der Waals surface area contributed by atoms with E-state index in [1.807, 2.05) is 18.2 Å². The maximum absolute atomic E-state index is 12.7. The van der Waals surface area contributed by atoms with Crippen LogP contribution in [-0.4, -0.2) is 47.5 Å². The van der Waals surface area contributed by atoms with Crippen LogP contribution >= 0.6 is 0 Å². The minimum Gasteiger partial charge on any atom is -0.493 e. The van der Waals surface area contributed by atoms with Crippen molar-refractivity contribution < 1.29 is 9.53 Å². The topological polar surface area (TPSA) is 70.2 Å². The van der Waals surface area contributed by atoms with Crippen molar-refractivity contribution in [2.75, 3.05) is 26.7 Å². The van der Waals surface area contributed by atoms with Gasteiger partial charge in [-0.15, -0.1) is 0 Å². The maximum Gasteiger partial charge on any atom is 0.251 e. The molecule has 6 heteroatoms. The molecule has 0 saturated heterocycles. The molecule has 32 heavy (non-hydrogen) atoms. The number of hydrogen-bond donors (Lipinski definition) is 2. The molecule has 0 saturated carbocycles. The smallest absolute Gasteiger partial charge is 0.251 e. The summed E-state index contributed by atoms with van der Waals surface area (Å²) in [6, 6.07) is 14.5. The molecule has 1 aromatic heterocycles. The van der Waals surface area contributed by atoms with Gasteiger partial charge >= 0.3 is 0 Å². The highest BCUT2D eigenvalue weighted by Crippen LogP contribution is 2.25. The zero-order valence-corrected chi connectivity index (χ0v) is 18.8. The quantitative estimate of drug-likeness (QED) is 0.655. The van der Waals surface area contributed by atoms with Crippen molar-refractivity contribution in [3.63, 3.8) is 0 Å². The molecule has 0 spiro atoms. The monoisotopic (exact) mass is 432 g/mol. The Kier molecular flexibility index (Phi) is 7.56. The third kappa shape index (κ3) is 6.20. The summed E-state index contributed by atoms with van der Waals surface area (Å²) in [4.78, 5) is 22.2. The molecule has 6 nitrogen and oxygen atoms in total. The number of amides is 1. The van der Waals surface area contributed by atoms with Gasteiger partial charge in [-0.05, 0) is 67.7 Å². The second-order valence-electron chi connectivity index (χ2n) is 8.55. The summed E-state index contributed by atoms with van der Waals surface area (Å²) in [5, 5.41) is 3.01. The lowest BCUT2D eigenvalue weighted by Crippen LogP contribution is -2.26. The van der Waals surface area contributed by atoms with Crippen LogP contribution in [0.2, 0.25) is 0 Å². The highest BCUT2D eigenvalue weighted by molar-refractivity contribution is 5.94. The molecule has 2 aromatic carbocycles. The minimum absolute atomic E-state index is 0.0675. The van der Waals surface area contributed by atoms with Gasteiger partial charge in [0.15, 0.2) is 0 Å². The van der Waals surface area contributed by atoms with Gasteiger partial charge in [0.05, 0.1) is 12.9 Å². The van der Waals surface area contributed by atoms with Crippen LogP contribution in [0.25, 0.3) is 0 Å². The molecular weight excluding hydrogens is 400 g/mol. The minimum atomic E-state index is -0.0675. The van der Waals surface area contributed by atoms with Gasteiger partial charge in [0.1, 0.15) is 5.75 Å². The van der Waals surface area contributed by atoms with E-state index in [1.165, 1.54) is 17.5 Å². The summed E-state index contributed by atoms with van der Waals surface area (Å²) in [6.45, 7) is 3.31. The first-order valence-electron chi connectivity index (χ1n) is 11.4. The Balaban J connectivity index is 1.51. The predicted octanol–water partition coefficient (Wildman–Crippen LogP) is 3.97. The Morgan fingerprint density at radius 2 is 2.06 bits per heavy atom. The van der Waals surface area contributed by atoms with Gasteiger partial charge in [0.25, 0.3) is 5.91 Å². The zero-order valence-electron chi connectivity index (χ0n) is 18.8. The van der Waals surface area contributed by atoms with Crippen molar-refractivity contribution in [3.05, 3.63) is 82.9 Å². The van der Waals surface area contributed by atoms with Crippen molar-refractivity contribution in [2.45, 2.75) is 38.6 Å². The van der Waals surface area contributed by atoms with E-state index in [-0.39, 0.29) is 5.91 Å². The first kappa shape index (κ1) is 22.1. The Morgan fingerprint density at radius 3 is 2.94 bits per heavy atom. The number of benzene rings is 2. The molecule has 1 aliphatic heterocycles. The number of aromatic nitrogens is 2. The van der Waals surface area contributed by atoms with Crippen molar-refractivity contribution in [2.24, 2.45) is 0 Å². The highest BCUT2D eigenvalue weighted by Gasteiger charge is 2.13. The SMILES string of the molecule is CN1CCCCCOc2ccc(C(=O)NCCc3cnc[nH]3)cc2Cc2cccc(c2)C1. The van der Waals surface area contributed by atoms with E-state index in [1.54, 1.807) is 12.5 Å². The summed E-state index contributed by atoms with van der Waals surface area (Å²) >= 11 is 0. The molecule has 0 radical (unpaired) electrons. The second kappa shape index (κ2) is 11.0. The van der Waals surface area contributed by atoms with Crippen LogP contribution in [0, 0.1) is 0 Å². The lowest BCUT2D eigenvalue weighted by atomic mass is 9.99. The van der Waals surface area contributed by atoms with Gasteiger partial charge in [-0.3, -0.25) is 4.79 Å². The largest absolute Gasteiger partial charge is 0.493 e. The van der Waals surface area contributed by atoms with Gasteiger partial charge in [-0.1, -0.05) is 24.3 Å². The normalized spacial score (nSPS) is 15.3. The van der Waals surface area contributed by atoms with E-state index in [0.29, 0.717) is 18.7 Å². The third-order valence-electron chi connectivity index (χ3n) is 5.84. The first-order valence-corrected chi connectivity index (χ1v) is 11.4. The van der Waals surface area contributed by atoms with Gasteiger partial charge in [-0.25, -0.2) is 4.98 Å². The number of aromatic amines is 1. The Morgan fingerprint density at radius 1 is 1.16 bits per heavy atom. The van der Waals surface area contributed by atoms with Crippen LogP contribution < -0.4 is 10.1 Å². The Hall–Kier alpha value is -3.12. The van der Waals surface area contributed by atoms with Crippen LogP contribution in [0.1, 0.15) is 52.0 Å². The number of carbonyl (C=O) groups excluding carboxylic acids is 1. The van der Waals surface area contributed by atoms with Crippen molar-refractivity contribution in [1.82, 2.24) is 20.2 Å². The molecule has 1 aliphatic rings. The van der Waals surface area contributed by atoms with Crippen molar-refractivity contribution in [3.8, 4) is 5.75 Å². The zero-order chi connectivity index (χ0) is 22.2. The molecule has 0 aliphatic carbocycles. The first-order chi connectivity index (χ1) is 15.7. The molecular formula is C26H32N4O2. The molecule has 168 valence electrons. The number of nitrogens with one attached hydrogen (secondary N) is 2. The van der Waals surface area contributed by atoms with Crippen molar-refractivity contribution >= 4 is 5.91 Å². The number of nitrogens with zero attached hydrogens (tertiary/aromatic N) is 2. The van der Waals surface area contributed by atoms with Gasteiger partial charge in [0.2, 0.25) is 0 Å². The van der Waals surface area contributed by atoms with Gasteiger partial charge in [-0.2, -0.15) is 0 Å². The average molecular weight is 433 g/mol. The molecule has 2 N–H and O–H groups in total. The van der Waals surface area contributed by atoms with Crippen LogP contribution in [0.5, 0.6) is 5.75 Å². The number of imidazole rings is 1. The standard InChI is InChI=1S/C26H32N4O2/c1-30-12-3-2-4-13-32-25-9-8-22(26(31)28-11-10-24-17-27-19-29-24)16-23(25)15-20-6-5-7-21(14-20)18-30/h5-9,14,16-17,19H,2-4,10-13,15,18H2,1H3,(H,27,29)(H,28,31). The number of ether oxygens (including phenoxy) is 1. The average Bonchev–Trinajstić information content (AvgIpc) is 3.30. The van der Waals surface area contributed by atoms with E-state index in [9.17, 15) is 4.79 Å². The molecule has 2 bridgehead atoms. The van der Waals surface area contributed by atoms with Crippen LogP contribution in [0.3, 0.4) is 0 Å². The van der Waals surface area contributed by atoms with E-state index < -0.39 is 0 Å². The Bertz CT molecular complexity index is 1020. The number of fused-ring (bicyclic) bond motifs is 3. The molecule has 3 aromatic rings. The molecule has 0 atom stereocenters. The number of carbonyl (C=O) groups is 1. The fourth-order valence-electron chi connectivity index (χ4n) is 4.13. The molecule has 2 heterocycles. The van der Waals surface area contributed by atoms with Crippen molar-refractivity contribution in [1.29, 1.82) is 0 Å². The second-order valence-corrected chi connectivity index (χ2v) is 8.55. The fraction of sp³-hybridized carbons (Fsp3) is 0.385. The van der Waals surface area contributed by atoms with Gasteiger partial charge in [0, 0.05) is 43.4 Å². The van der Waals surface area contributed by atoms with Crippen LogP contribution in [0.4, 0.5) is 0 Å². The summed E-state index contributed by atoms with van der Waals surface area (Å²) in [5.41, 5.74) is 5.27.